The molecule has 14 heavy (non-hydrogen) atoms. The number of hydrogen-bond acceptors (Lipinski definition) is 4. The topological polar surface area (TPSA) is 49.5 Å². The molecule has 0 aliphatic rings. The SMILES string of the molecule is CN(C)CCC(N)C(O)c1ccsc1. The minimum Gasteiger partial charge on any atom is -0.387 e. The smallest absolute Gasteiger partial charge is 0.0949 e. The lowest BCUT2D eigenvalue weighted by molar-refractivity contribution is 0.138. The third-order valence-corrected chi connectivity index (χ3v) is 2.90. The van der Waals surface area contributed by atoms with E-state index in [9.17, 15) is 5.11 Å². The predicted molar refractivity (Wildman–Crippen MR) is 60.4 cm³/mol. The molecule has 3 nitrogen and oxygen atoms in total. The van der Waals surface area contributed by atoms with Crippen LogP contribution in [0.5, 0.6) is 0 Å². The summed E-state index contributed by atoms with van der Waals surface area (Å²) in [7, 11) is 4.01. The van der Waals surface area contributed by atoms with Gasteiger partial charge in [-0.1, -0.05) is 0 Å². The van der Waals surface area contributed by atoms with Gasteiger partial charge in [-0.15, -0.1) is 0 Å². The van der Waals surface area contributed by atoms with Gasteiger partial charge in [-0.05, 0) is 49.5 Å². The highest BCUT2D eigenvalue weighted by atomic mass is 32.1. The van der Waals surface area contributed by atoms with Gasteiger partial charge in [0.2, 0.25) is 0 Å². The van der Waals surface area contributed by atoms with Gasteiger partial charge in [0.05, 0.1) is 6.10 Å². The van der Waals surface area contributed by atoms with Crippen LogP contribution in [0.15, 0.2) is 16.8 Å². The molecule has 80 valence electrons. The van der Waals surface area contributed by atoms with E-state index in [0.29, 0.717) is 0 Å². The van der Waals surface area contributed by atoms with Crippen molar-refractivity contribution in [3.8, 4) is 0 Å². The second-order valence-electron chi connectivity index (χ2n) is 3.76. The molecular formula is C10H18N2OS. The highest BCUT2D eigenvalue weighted by molar-refractivity contribution is 7.07. The van der Waals surface area contributed by atoms with Crippen LogP contribution >= 0.6 is 11.3 Å². The molecule has 2 unspecified atom stereocenters. The summed E-state index contributed by atoms with van der Waals surface area (Å²) in [5.41, 5.74) is 6.82. The van der Waals surface area contributed by atoms with Gasteiger partial charge in [-0.3, -0.25) is 0 Å². The fraction of sp³-hybridized carbons (Fsp3) is 0.600. The van der Waals surface area contributed by atoms with E-state index in [1.54, 1.807) is 11.3 Å². The van der Waals surface area contributed by atoms with Gasteiger partial charge in [0.25, 0.3) is 0 Å². The molecule has 0 aliphatic heterocycles. The van der Waals surface area contributed by atoms with Crippen LogP contribution in [0.25, 0.3) is 0 Å². The Kier molecular flexibility index (Phi) is 4.54. The highest BCUT2D eigenvalue weighted by Crippen LogP contribution is 2.19. The molecule has 0 saturated carbocycles. The minimum atomic E-state index is -0.527. The fourth-order valence-electron chi connectivity index (χ4n) is 1.26. The molecule has 0 aromatic carbocycles. The summed E-state index contributed by atoms with van der Waals surface area (Å²) in [6, 6.07) is 1.75. The van der Waals surface area contributed by atoms with Crippen LogP contribution in [0.3, 0.4) is 0 Å². The standard InChI is InChI=1S/C10H18N2OS/c1-12(2)5-3-9(11)10(13)8-4-6-14-7-8/h4,6-7,9-10,13H,3,5,11H2,1-2H3. The Bertz CT molecular complexity index is 249. The molecule has 1 heterocycles. The van der Waals surface area contributed by atoms with Gasteiger partial charge in [-0.2, -0.15) is 11.3 Å². The van der Waals surface area contributed by atoms with E-state index in [0.717, 1.165) is 18.5 Å². The van der Waals surface area contributed by atoms with Crippen LogP contribution in [0, 0.1) is 0 Å². The summed E-state index contributed by atoms with van der Waals surface area (Å²) >= 11 is 1.58. The molecule has 3 N–H and O–H groups in total. The van der Waals surface area contributed by atoms with Gasteiger partial charge in [-0.25, -0.2) is 0 Å². The van der Waals surface area contributed by atoms with Crippen molar-refractivity contribution in [1.29, 1.82) is 0 Å². The Labute approximate surface area is 89.2 Å². The molecule has 1 rings (SSSR count). The fourth-order valence-corrected chi connectivity index (χ4v) is 1.95. The van der Waals surface area contributed by atoms with E-state index >= 15 is 0 Å². The van der Waals surface area contributed by atoms with E-state index in [2.05, 4.69) is 4.90 Å². The number of aliphatic hydroxyl groups is 1. The van der Waals surface area contributed by atoms with E-state index in [1.807, 2.05) is 30.9 Å². The number of nitrogens with zero attached hydrogens (tertiary/aromatic N) is 1. The molecule has 0 spiro atoms. The second kappa shape index (κ2) is 5.46. The summed E-state index contributed by atoms with van der Waals surface area (Å²) in [5.74, 6) is 0. The van der Waals surface area contributed by atoms with E-state index in [4.69, 9.17) is 5.73 Å². The van der Waals surface area contributed by atoms with Crippen molar-refractivity contribution in [2.45, 2.75) is 18.6 Å². The number of aliphatic hydroxyl groups excluding tert-OH is 1. The highest BCUT2D eigenvalue weighted by Gasteiger charge is 2.16. The molecule has 4 heteroatoms. The first-order valence-electron chi connectivity index (χ1n) is 4.71. The molecule has 0 radical (unpaired) electrons. The zero-order valence-corrected chi connectivity index (χ0v) is 9.50. The van der Waals surface area contributed by atoms with Crippen molar-refractivity contribution in [3.05, 3.63) is 22.4 Å². The molecule has 1 aromatic heterocycles. The van der Waals surface area contributed by atoms with Crippen molar-refractivity contribution in [2.24, 2.45) is 5.73 Å². The summed E-state index contributed by atoms with van der Waals surface area (Å²) in [6.45, 7) is 0.905. The number of hydrogen-bond donors (Lipinski definition) is 2. The molecule has 2 atom stereocenters. The predicted octanol–water partition coefficient (Wildman–Crippen LogP) is 1.06. The van der Waals surface area contributed by atoms with Crippen molar-refractivity contribution in [2.75, 3.05) is 20.6 Å². The summed E-state index contributed by atoms with van der Waals surface area (Å²) in [6.07, 6.45) is 0.283. The van der Waals surface area contributed by atoms with Crippen LogP contribution in [-0.2, 0) is 0 Å². The molecule has 1 aromatic rings. The lowest BCUT2D eigenvalue weighted by Gasteiger charge is -2.19. The quantitative estimate of drug-likeness (QED) is 0.770. The Hall–Kier alpha value is -0.420. The van der Waals surface area contributed by atoms with Crippen LogP contribution in [0.2, 0.25) is 0 Å². The van der Waals surface area contributed by atoms with Gasteiger partial charge in [0.15, 0.2) is 0 Å². The minimum absolute atomic E-state index is 0.174. The summed E-state index contributed by atoms with van der Waals surface area (Å²) in [4.78, 5) is 2.07. The summed E-state index contributed by atoms with van der Waals surface area (Å²) < 4.78 is 0. The third kappa shape index (κ3) is 3.38. The van der Waals surface area contributed by atoms with Crippen LogP contribution < -0.4 is 5.73 Å². The Morgan fingerprint density at radius 3 is 2.79 bits per heavy atom. The van der Waals surface area contributed by atoms with Crippen LogP contribution in [0.1, 0.15) is 18.1 Å². The lowest BCUT2D eigenvalue weighted by atomic mass is 10.0. The van der Waals surface area contributed by atoms with Gasteiger partial charge in [0.1, 0.15) is 0 Å². The zero-order chi connectivity index (χ0) is 10.6. The molecule has 0 aliphatic carbocycles. The first-order valence-corrected chi connectivity index (χ1v) is 5.66. The van der Waals surface area contributed by atoms with Crippen LogP contribution in [-0.4, -0.2) is 36.7 Å². The molecular weight excluding hydrogens is 196 g/mol. The van der Waals surface area contributed by atoms with Gasteiger partial charge in [0, 0.05) is 6.04 Å². The van der Waals surface area contributed by atoms with Gasteiger partial charge < -0.3 is 15.7 Å². The maximum absolute atomic E-state index is 9.85. The van der Waals surface area contributed by atoms with E-state index in [1.165, 1.54) is 0 Å². The number of nitrogens with two attached hydrogens (primary N) is 1. The molecule has 0 fully saturated rings. The number of rotatable bonds is 5. The third-order valence-electron chi connectivity index (χ3n) is 2.20. The van der Waals surface area contributed by atoms with E-state index in [-0.39, 0.29) is 6.04 Å². The molecule has 0 amide bonds. The second-order valence-corrected chi connectivity index (χ2v) is 4.54. The first kappa shape index (κ1) is 11.7. The molecule has 0 saturated heterocycles. The van der Waals surface area contributed by atoms with Crippen molar-refractivity contribution < 1.29 is 5.11 Å². The zero-order valence-electron chi connectivity index (χ0n) is 8.68. The van der Waals surface area contributed by atoms with Gasteiger partial charge >= 0.3 is 0 Å². The van der Waals surface area contributed by atoms with Crippen LogP contribution in [0.4, 0.5) is 0 Å². The number of thiophene rings is 1. The monoisotopic (exact) mass is 214 g/mol. The molecule has 0 bridgehead atoms. The lowest BCUT2D eigenvalue weighted by Crippen LogP contribution is -2.31. The average Bonchev–Trinajstić information content (AvgIpc) is 2.65. The largest absolute Gasteiger partial charge is 0.387 e. The Balaban J connectivity index is 2.41. The summed E-state index contributed by atoms with van der Waals surface area (Å²) in [5, 5.41) is 13.8. The van der Waals surface area contributed by atoms with Crippen molar-refractivity contribution in [3.63, 3.8) is 0 Å². The van der Waals surface area contributed by atoms with Crippen molar-refractivity contribution in [1.82, 2.24) is 4.90 Å². The normalized spacial score (nSPS) is 15.8. The first-order chi connectivity index (χ1) is 6.61. The maximum atomic E-state index is 9.85. The van der Waals surface area contributed by atoms with E-state index < -0.39 is 6.10 Å². The Morgan fingerprint density at radius 1 is 1.57 bits per heavy atom. The van der Waals surface area contributed by atoms with Crippen molar-refractivity contribution >= 4 is 11.3 Å². The Morgan fingerprint density at radius 2 is 2.29 bits per heavy atom. The maximum Gasteiger partial charge on any atom is 0.0949 e. The average molecular weight is 214 g/mol.